The van der Waals surface area contributed by atoms with E-state index < -0.39 is 10.0 Å². The van der Waals surface area contributed by atoms with E-state index in [9.17, 15) is 13.2 Å². The minimum atomic E-state index is -3.47. The van der Waals surface area contributed by atoms with E-state index in [0.717, 1.165) is 12.8 Å². The van der Waals surface area contributed by atoms with Crippen molar-refractivity contribution in [3.63, 3.8) is 0 Å². The average Bonchev–Trinajstić information content (AvgIpc) is 2.63. The molecule has 1 saturated heterocycles. The Morgan fingerprint density at radius 2 is 1.76 bits per heavy atom. The van der Waals surface area contributed by atoms with E-state index in [1.165, 1.54) is 0 Å². The third kappa shape index (κ3) is 4.08. The summed E-state index contributed by atoms with van der Waals surface area (Å²) in [5.41, 5.74) is 1.13. The number of hydrogen-bond acceptors (Lipinski definition) is 3. The lowest BCUT2D eigenvalue weighted by Gasteiger charge is -2.30. The first kappa shape index (κ1) is 17.6. The van der Waals surface area contributed by atoms with Crippen molar-refractivity contribution < 1.29 is 13.2 Å². The first-order valence-corrected chi connectivity index (χ1v) is 9.87. The zero-order chi connectivity index (χ0) is 17.9. The maximum absolute atomic E-state index is 12.7. The normalized spacial score (nSPS) is 18.7. The fourth-order valence-electron chi connectivity index (χ4n) is 3.02. The third-order valence-electron chi connectivity index (χ3n) is 4.41. The Kier molecular flexibility index (Phi) is 5.20. The lowest BCUT2D eigenvalue weighted by atomic mass is 10.0. The zero-order valence-electron chi connectivity index (χ0n) is 14.2. The summed E-state index contributed by atoms with van der Waals surface area (Å²) in [5, 5.41) is 2.78. The molecule has 6 heteroatoms. The topological polar surface area (TPSA) is 66.5 Å². The van der Waals surface area contributed by atoms with Gasteiger partial charge in [-0.25, -0.2) is 8.42 Å². The molecule has 5 nitrogen and oxygen atoms in total. The second kappa shape index (κ2) is 7.37. The highest BCUT2D eigenvalue weighted by molar-refractivity contribution is 7.89. The summed E-state index contributed by atoms with van der Waals surface area (Å²) < 4.78 is 27.0. The highest BCUT2D eigenvalue weighted by atomic mass is 32.2. The van der Waals surface area contributed by atoms with Crippen molar-refractivity contribution in [2.75, 3.05) is 18.4 Å². The summed E-state index contributed by atoms with van der Waals surface area (Å²) >= 11 is 0. The number of nitrogens with one attached hydrogen (secondary N) is 1. The number of piperidine rings is 1. The summed E-state index contributed by atoms with van der Waals surface area (Å²) in [6, 6.07) is 15.2. The fraction of sp³-hybridized carbons (Fsp3) is 0.316. The average molecular weight is 358 g/mol. The van der Waals surface area contributed by atoms with Crippen LogP contribution in [-0.2, 0) is 10.0 Å². The van der Waals surface area contributed by atoms with Gasteiger partial charge in [-0.3, -0.25) is 4.79 Å². The molecule has 3 rings (SSSR count). The van der Waals surface area contributed by atoms with Gasteiger partial charge in [-0.2, -0.15) is 4.31 Å². The Morgan fingerprint density at radius 3 is 2.40 bits per heavy atom. The van der Waals surface area contributed by atoms with Gasteiger partial charge in [0.25, 0.3) is 5.91 Å². The highest BCUT2D eigenvalue weighted by Gasteiger charge is 2.28. The molecule has 0 radical (unpaired) electrons. The molecule has 0 saturated carbocycles. The van der Waals surface area contributed by atoms with Gasteiger partial charge in [-0.15, -0.1) is 0 Å². The predicted octanol–water partition coefficient (Wildman–Crippen LogP) is 3.36. The Hall–Kier alpha value is -2.18. The van der Waals surface area contributed by atoms with E-state index in [1.54, 1.807) is 52.8 Å². The van der Waals surface area contributed by atoms with Crippen LogP contribution in [0.1, 0.15) is 30.1 Å². The Labute approximate surface area is 148 Å². The van der Waals surface area contributed by atoms with Crippen LogP contribution in [0.15, 0.2) is 59.5 Å². The van der Waals surface area contributed by atoms with E-state index in [-0.39, 0.29) is 10.8 Å². The Balaban J connectivity index is 1.72. The number of carbonyl (C=O) groups excluding carboxylic acids is 1. The maximum atomic E-state index is 12.7. The van der Waals surface area contributed by atoms with Gasteiger partial charge < -0.3 is 5.32 Å². The minimum Gasteiger partial charge on any atom is -0.322 e. The van der Waals surface area contributed by atoms with Crippen LogP contribution >= 0.6 is 0 Å². The number of anilines is 1. The van der Waals surface area contributed by atoms with E-state index in [2.05, 4.69) is 12.2 Å². The van der Waals surface area contributed by atoms with Crippen molar-refractivity contribution in [3.05, 3.63) is 60.2 Å². The van der Waals surface area contributed by atoms with Gasteiger partial charge in [-0.1, -0.05) is 25.1 Å². The Bertz CT molecular complexity index is 833. The molecule has 1 aliphatic rings. The standard InChI is InChI=1S/C19H22N2O3S/c1-15-6-5-13-21(14-15)25(23,24)18-11-9-17(10-12-18)20-19(22)16-7-3-2-4-8-16/h2-4,7-12,15H,5-6,13-14H2,1H3,(H,20,22). The third-order valence-corrected chi connectivity index (χ3v) is 6.29. The van der Waals surface area contributed by atoms with Crippen molar-refractivity contribution in [1.29, 1.82) is 0 Å². The number of rotatable bonds is 4. The first-order chi connectivity index (χ1) is 12.0. The van der Waals surface area contributed by atoms with Gasteiger partial charge >= 0.3 is 0 Å². The molecule has 1 amide bonds. The predicted molar refractivity (Wildman–Crippen MR) is 98.0 cm³/mol. The van der Waals surface area contributed by atoms with Crippen LogP contribution in [0.2, 0.25) is 0 Å². The van der Waals surface area contributed by atoms with Crippen molar-refractivity contribution >= 4 is 21.6 Å². The van der Waals surface area contributed by atoms with Crippen LogP contribution in [0.25, 0.3) is 0 Å². The van der Waals surface area contributed by atoms with Gasteiger partial charge in [0, 0.05) is 24.3 Å². The fourth-order valence-corrected chi connectivity index (χ4v) is 4.62. The van der Waals surface area contributed by atoms with Gasteiger partial charge in [-0.05, 0) is 55.2 Å². The molecule has 25 heavy (non-hydrogen) atoms. The number of nitrogens with zero attached hydrogens (tertiary/aromatic N) is 1. The molecule has 0 aromatic heterocycles. The quantitative estimate of drug-likeness (QED) is 0.911. The van der Waals surface area contributed by atoms with Crippen LogP contribution in [-0.4, -0.2) is 31.7 Å². The molecule has 1 aliphatic heterocycles. The van der Waals surface area contributed by atoms with Gasteiger partial charge in [0.1, 0.15) is 0 Å². The van der Waals surface area contributed by atoms with Crippen molar-refractivity contribution in [2.45, 2.75) is 24.7 Å². The van der Waals surface area contributed by atoms with E-state index in [4.69, 9.17) is 0 Å². The van der Waals surface area contributed by atoms with Gasteiger partial charge in [0.15, 0.2) is 0 Å². The second-order valence-corrected chi connectivity index (χ2v) is 8.39. The van der Waals surface area contributed by atoms with E-state index >= 15 is 0 Å². The SMILES string of the molecule is CC1CCCN(S(=O)(=O)c2ccc(NC(=O)c3ccccc3)cc2)C1. The summed E-state index contributed by atoms with van der Waals surface area (Å²) in [4.78, 5) is 12.4. The Morgan fingerprint density at radius 1 is 1.08 bits per heavy atom. The first-order valence-electron chi connectivity index (χ1n) is 8.43. The van der Waals surface area contributed by atoms with Crippen molar-refractivity contribution in [1.82, 2.24) is 4.31 Å². The molecule has 0 spiro atoms. The van der Waals surface area contributed by atoms with Crippen LogP contribution in [0.5, 0.6) is 0 Å². The number of carbonyl (C=O) groups is 1. The molecule has 0 aliphatic carbocycles. The molecule has 1 atom stereocenters. The molecular weight excluding hydrogens is 336 g/mol. The molecule has 1 N–H and O–H groups in total. The molecule has 1 unspecified atom stereocenters. The lowest BCUT2D eigenvalue weighted by Crippen LogP contribution is -2.39. The molecular formula is C19H22N2O3S. The molecule has 2 aromatic carbocycles. The second-order valence-electron chi connectivity index (χ2n) is 6.45. The van der Waals surface area contributed by atoms with Crippen LogP contribution in [0.3, 0.4) is 0 Å². The smallest absolute Gasteiger partial charge is 0.255 e. The summed E-state index contributed by atoms with van der Waals surface area (Å²) in [6.45, 7) is 3.21. The molecule has 2 aromatic rings. The number of benzene rings is 2. The van der Waals surface area contributed by atoms with E-state index in [1.807, 2.05) is 6.07 Å². The van der Waals surface area contributed by atoms with E-state index in [0.29, 0.717) is 30.3 Å². The number of amides is 1. The molecule has 1 fully saturated rings. The van der Waals surface area contributed by atoms with Crippen molar-refractivity contribution in [2.24, 2.45) is 5.92 Å². The molecule has 0 bridgehead atoms. The highest BCUT2D eigenvalue weighted by Crippen LogP contribution is 2.24. The largest absolute Gasteiger partial charge is 0.322 e. The van der Waals surface area contributed by atoms with Crippen LogP contribution in [0, 0.1) is 5.92 Å². The summed E-state index contributed by atoms with van der Waals surface area (Å²) in [6.07, 6.45) is 1.96. The minimum absolute atomic E-state index is 0.221. The number of hydrogen-bond donors (Lipinski definition) is 1. The summed E-state index contributed by atoms with van der Waals surface area (Å²) in [7, 11) is -3.47. The van der Waals surface area contributed by atoms with Crippen molar-refractivity contribution in [3.8, 4) is 0 Å². The number of sulfonamides is 1. The summed E-state index contributed by atoms with van der Waals surface area (Å²) in [5.74, 6) is 0.161. The monoisotopic (exact) mass is 358 g/mol. The lowest BCUT2D eigenvalue weighted by molar-refractivity contribution is 0.102. The van der Waals surface area contributed by atoms with Gasteiger partial charge in [0.05, 0.1) is 4.90 Å². The van der Waals surface area contributed by atoms with Crippen LogP contribution in [0.4, 0.5) is 5.69 Å². The van der Waals surface area contributed by atoms with Gasteiger partial charge in [0.2, 0.25) is 10.0 Å². The molecule has 132 valence electrons. The zero-order valence-corrected chi connectivity index (χ0v) is 15.0. The van der Waals surface area contributed by atoms with Crippen LogP contribution < -0.4 is 5.32 Å². The molecule has 1 heterocycles. The maximum Gasteiger partial charge on any atom is 0.255 e.